The normalized spacial score (nSPS) is 15.4. The maximum Gasteiger partial charge on any atom is 0.269 e. The second-order valence-corrected chi connectivity index (χ2v) is 10.7. The fourth-order valence-electron chi connectivity index (χ4n) is 2.68. The lowest BCUT2D eigenvalue weighted by Gasteiger charge is -2.16. The van der Waals surface area contributed by atoms with Crippen LogP contribution in [0.15, 0.2) is 52.3 Å². The van der Waals surface area contributed by atoms with Crippen LogP contribution in [0.4, 0.5) is 5.69 Å². The first-order chi connectivity index (χ1) is 13.5. The molecule has 0 fully saturated rings. The Morgan fingerprint density at radius 2 is 1.83 bits per heavy atom. The van der Waals surface area contributed by atoms with Gasteiger partial charge in [0.2, 0.25) is 15.9 Å². The number of carbonyl (C=O) groups is 2. The second kappa shape index (κ2) is 7.41. The van der Waals surface area contributed by atoms with Crippen LogP contribution in [-0.4, -0.2) is 57.9 Å². The van der Waals surface area contributed by atoms with Crippen LogP contribution in [0.25, 0.3) is 0 Å². The van der Waals surface area contributed by atoms with Gasteiger partial charge in [-0.05, 0) is 30.3 Å². The molecule has 0 radical (unpaired) electrons. The van der Waals surface area contributed by atoms with Crippen LogP contribution in [0, 0.1) is 0 Å². The van der Waals surface area contributed by atoms with Crippen LogP contribution in [0.5, 0.6) is 0 Å². The molecular formula is C17H16ClN3O6S2. The molecule has 2 aromatic carbocycles. The van der Waals surface area contributed by atoms with Crippen LogP contribution in [0.1, 0.15) is 10.4 Å². The van der Waals surface area contributed by atoms with Gasteiger partial charge in [0.15, 0.2) is 0 Å². The van der Waals surface area contributed by atoms with Gasteiger partial charge < -0.3 is 5.32 Å². The molecule has 1 heterocycles. The lowest BCUT2D eigenvalue weighted by Crippen LogP contribution is -2.37. The van der Waals surface area contributed by atoms with Crippen LogP contribution < -0.4 is 5.32 Å². The molecule has 0 bridgehead atoms. The molecule has 0 spiro atoms. The Bertz CT molecular complexity index is 1230. The number of hydrogen-bond donors (Lipinski definition) is 1. The number of amides is 2. The number of nitrogens with zero attached hydrogens (tertiary/aromatic N) is 2. The highest BCUT2D eigenvalue weighted by Gasteiger charge is 2.41. The summed E-state index contributed by atoms with van der Waals surface area (Å²) in [6.45, 7) is -0.781. The Morgan fingerprint density at radius 3 is 2.45 bits per heavy atom. The summed E-state index contributed by atoms with van der Waals surface area (Å²) in [6, 6.07) is 9.37. The number of rotatable bonds is 5. The third-order valence-electron chi connectivity index (χ3n) is 4.19. The van der Waals surface area contributed by atoms with Gasteiger partial charge in [0.25, 0.3) is 15.9 Å². The third-order valence-corrected chi connectivity index (χ3v) is 8.12. The number of carbonyl (C=O) groups excluding carboxylic acids is 2. The fourth-order valence-corrected chi connectivity index (χ4v) is 5.30. The first kappa shape index (κ1) is 21.2. The van der Waals surface area contributed by atoms with Gasteiger partial charge in [-0.15, -0.1) is 0 Å². The van der Waals surface area contributed by atoms with Crippen LogP contribution in [-0.2, 0) is 24.8 Å². The standard InChI is InChI=1S/C17H16ClN3O6S2/c1-20(2)28(24,25)11-7-8-13(18)14(9-11)19-16(22)10-21-17(23)12-5-3-4-6-15(12)29(21,26)27/h3-9H,10H2,1-2H3,(H,19,22). The number of halogens is 1. The maximum atomic E-state index is 12.5. The molecule has 0 aromatic heterocycles. The minimum absolute atomic E-state index is 0.0163. The summed E-state index contributed by atoms with van der Waals surface area (Å²) in [5.41, 5.74) is -0.0430. The summed E-state index contributed by atoms with van der Waals surface area (Å²) >= 11 is 6.02. The topological polar surface area (TPSA) is 121 Å². The van der Waals surface area contributed by atoms with E-state index in [1.807, 2.05) is 0 Å². The molecule has 154 valence electrons. The van der Waals surface area contributed by atoms with Gasteiger partial charge in [-0.2, -0.15) is 0 Å². The van der Waals surface area contributed by atoms with Crippen molar-refractivity contribution < 1.29 is 26.4 Å². The number of sulfonamides is 2. The highest BCUT2D eigenvalue weighted by molar-refractivity contribution is 7.90. The quantitative estimate of drug-likeness (QED) is 0.723. The van der Waals surface area contributed by atoms with E-state index < -0.39 is 38.4 Å². The molecule has 2 amide bonds. The summed E-state index contributed by atoms with van der Waals surface area (Å²) in [4.78, 5) is 24.5. The molecule has 12 heteroatoms. The lowest BCUT2D eigenvalue weighted by molar-refractivity contribution is -0.116. The summed E-state index contributed by atoms with van der Waals surface area (Å²) < 4.78 is 51.0. The molecule has 0 saturated heterocycles. The van der Waals surface area contributed by atoms with Crippen LogP contribution in [0.2, 0.25) is 5.02 Å². The van der Waals surface area contributed by atoms with Crippen molar-refractivity contribution in [2.45, 2.75) is 9.79 Å². The molecule has 9 nitrogen and oxygen atoms in total. The predicted molar refractivity (Wildman–Crippen MR) is 106 cm³/mol. The van der Waals surface area contributed by atoms with E-state index in [-0.39, 0.29) is 26.1 Å². The summed E-state index contributed by atoms with van der Waals surface area (Å²) in [7, 11) is -5.22. The fraction of sp³-hybridized carbons (Fsp3) is 0.176. The maximum absolute atomic E-state index is 12.5. The van der Waals surface area contributed by atoms with Gasteiger partial charge in [-0.25, -0.2) is 25.4 Å². The minimum atomic E-state index is -4.15. The zero-order chi connectivity index (χ0) is 21.6. The molecule has 2 aromatic rings. The van der Waals surface area contributed by atoms with Crippen molar-refractivity contribution in [2.24, 2.45) is 0 Å². The summed E-state index contributed by atoms with van der Waals surface area (Å²) in [5.74, 6) is -1.66. The van der Waals surface area contributed by atoms with Gasteiger partial charge in [-0.3, -0.25) is 9.59 Å². The number of fused-ring (bicyclic) bond motifs is 1. The Kier molecular flexibility index (Phi) is 5.43. The van der Waals surface area contributed by atoms with E-state index in [0.717, 1.165) is 10.4 Å². The molecule has 0 saturated carbocycles. The van der Waals surface area contributed by atoms with Crippen molar-refractivity contribution in [1.29, 1.82) is 0 Å². The van der Waals surface area contributed by atoms with E-state index in [9.17, 15) is 26.4 Å². The molecule has 3 rings (SSSR count). The molecule has 1 aliphatic rings. The molecule has 0 aliphatic carbocycles. The first-order valence-corrected chi connectivity index (χ1v) is 11.4. The van der Waals surface area contributed by atoms with Gasteiger partial charge in [0.1, 0.15) is 11.4 Å². The van der Waals surface area contributed by atoms with Crippen molar-refractivity contribution in [2.75, 3.05) is 26.0 Å². The summed E-state index contributed by atoms with van der Waals surface area (Å²) in [6.07, 6.45) is 0. The SMILES string of the molecule is CN(C)S(=O)(=O)c1ccc(Cl)c(NC(=O)CN2C(=O)c3ccccc3S2(=O)=O)c1. The van der Waals surface area contributed by atoms with Gasteiger partial charge >= 0.3 is 0 Å². The molecule has 1 aliphatic heterocycles. The molecule has 29 heavy (non-hydrogen) atoms. The first-order valence-electron chi connectivity index (χ1n) is 8.14. The van der Waals surface area contributed by atoms with E-state index >= 15 is 0 Å². The highest BCUT2D eigenvalue weighted by atomic mass is 35.5. The van der Waals surface area contributed by atoms with Gasteiger partial charge in [-0.1, -0.05) is 23.7 Å². The zero-order valence-electron chi connectivity index (χ0n) is 15.3. The van der Waals surface area contributed by atoms with E-state index in [1.54, 1.807) is 0 Å². The minimum Gasteiger partial charge on any atom is -0.323 e. The van der Waals surface area contributed by atoms with Crippen LogP contribution in [0.3, 0.4) is 0 Å². The third kappa shape index (κ3) is 3.73. The van der Waals surface area contributed by atoms with Crippen LogP contribution >= 0.6 is 11.6 Å². The predicted octanol–water partition coefficient (Wildman–Crippen LogP) is 1.37. The van der Waals surface area contributed by atoms with E-state index in [1.165, 1.54) is 50.5 Å². The second-order valence-electron chi connectivity index (χ2n) is 6.29. The Morgan fingerprint density at radius 1 is 1.17 bits per heavy atom. The average Bonchev–Trinajstić information content (AvgIpc) is 2.84. The van der Waals surface area contributed by atoms with E-state index in [2.05, 4.69) is 5.32 Å². The van der Waals surface area contributed by atoms with Gasteiger partial charge in [0, 0.05) is 14.1 Å². The van der Waals surface area contributed by atoms with Crippen molar-refractivity contribution in [3.63, 3.8) is 0 Å². The highest BCUT2D eigenvalue weighted by Crippen LogP contribution is 2.30. The Balaban J connectivity index is 1.85. The Hall–Kier alpha value is -2.47. The van der Waals surface area contributed by atoms with Crippen molar-refractivity contribution in [1.82, 2.24) is 8.61 Å². The van der Waals surface area contributed by atoms with Gasteiger partial charge in [0.05, 0.1) is 21.2 Å². The molecule has 0 atom stereocenters. The number of hydrogen-bond acceptors (Lipinski definition) is 6. The molecule has 1 N–H and O–H groups in total. The van der Waals surface area contributed by atoms with Crippen molar-refractivity contribution >= 4 is 49.1 Å². The summed E-state index contributed by atoms with van der Waals surface area (Å²) in [5, 5.41) is 2.41. The van der Waals surface area contributed by atoms with E-state index in [0.29, 0.717) is 4.31 Å². The van der Waals surface area contributed by atoms with Crippen molar-refractivity contribution in [3.05, 3.63) is 53.1 Å². The Labute approximate surface area is 173 Å². The number of anilines is 1. The zero-order valence-corrected chi connectivity index (χ0v) is 17.7. The van der Waals surface area contributed by atoms with E-state index in [4.69, 9.17) is 11.6 Å². The lowest BCUT2D eigenvalue weighted by atomic mass is 10.2. The van der Waals surface area contributed by atoms with Crippen molar-refractivity contribution in [3.8, 4) is 0 Å². The largest absolute Gasteiger partial charge is 0.323 e. The molecular weight excluding hydrogens is 442 g/mol. The molecule has 0 unspecified atom stereocenters. The average molecular weight is 458 g/mol. The number of nitrogens with one attached hydrogen (secondary N) is 1. The number of benzene rings is 2. The smallest absolute Gasteiger partial charge is 0.269 e. The monoisotopic (exact) mass is 457 g/mol.